The summed E-state index contributed by atoms with van der Waals surface area (Å²) in [6.45, 7) is 10.4. The Kier molecular flexibility index (Phi) is 4.35. The topological polar surface area (TPSA) is 32.5 Å². The fourth-order valence-corrected chi connectivity index (χ4v) is 3.68. The van der Waals surface area contributed by atoms with E-state index in [9.17, 15) is 0 Å². The van der Waals surface area contributed by atoms with Crippen LogP contribution in [0.15, 0.2) is 0 Å². The maximum atomic E-state index is 6.11. The van der Waals surface area contributed by atoms with Gasteiger partial charge in [-0.05, 0) is 45.7 Å². The van der Waals surface area contributed by atoms with Gasteiger partial charge in [0.05, 0.1) is 0 Å². The number of rotatable bonds is 3. The highest BCUT2D eigenvalue weighted by molar-refractivity contribution is 4.93. The molecule has 18 heavy (non-hydrogen) atoms. The summed E-state index contributed by atoms with van der Waals surface area (Å²) >= 11 is 0. The van der Waals surface area contributed by atoms with Crippen molar-refractivity contribution in [2.24, 2.45) is 11.1 Å². The molecule has 0 aromatic rings. The summed E-state index contributed by atoms with van der Waals surface area (Å²) < 4.78 is 0. The van der Waals surface area contributed by atoms with Gasteiger partial charge in [-0.3, -0.25) is 9.80 Å². The average Bonchev–Trinajstić information content (AvgIpc) is 2.35. The summed E-state index contributed by atoms with van der Waals surface area (Å²) in [5, 5.41) is 0. The van der Waals surface area contributed by atoms with Crippen molar-refractivity contribution < 1.29 is 0 Å². The second-order valence-electron chi connectivity index (χ2n) is 7.21. The Labute approximate surface area is 113 Å². The van der Waals surface area contributed by atoms with Crippen molar-refractivity contribution in [3.8, 4) is 0 Å². The van der Waals surface area contributed by atoms with Gasteiger partial charge >= 0.3 is 0 Å². The molecule has 3 nitrogen and oxygen atoms in total. The summed E-state index contributed by atoms with van der Waals surface area (Å²) in [7, 11) is 2.25. The first-order valence-corrected chi connectivity index (χ1v) is 7.61. The van der Waals surface area contributed by atoms with Crippen molar-refractivity contribution in [1.82, 2.24) is 9.80 Å². The molecule has 1 saturated carbocycles. The van der Waals surface area contributed by atoms with E-state index in [1.165, 1.54) is 58.3 Å². The Morgan fingerprint density at radius 1 is 1.06 bits per heavy atom. The number of nitrogens with zero attached hydrogens (tertiary/aromatic N) is 2. The number of nitrogens with two attached hydrogens (primary N) is 1. The lowest BCUT2D eigenvalue weighted by Gasteiger charge is -2.49. The number of hydrogen-bond donors (Lipinski definition) is 1. The van der Waals surface area contributed by atoms with Crippen LogP contribution < -0.4 is 5.73 Å². The third-order valence-electron chi connectivity index (χ3n) is 5.30. The molecule has 0 radical (unpaired) electrons. The lowest BCUT2D eigenvalue weighted by Crippen LogP contribution is -2.59. The molecular formula is C15H31N3. The van der Waals surface area contributed by atoms with E-state index in [0.717, 1.165) is 6.54 Å². The van der Waals surface area contributed by atoms with Crippen LogP contribution in [0.4, 0.5) is 0 Å². The third kappa shape index (κ3) is 3.06. The van der Waals surface area contributed by atoms with E-state index in [2.05, 4.69) is 30.7 Å². The molecule has 0 aromatic heterocycles. The van der Waals surface area contributed by atoms with Crippen LogP contribution in [0.5, 0.6) is 0 Å². The number of likely N-dealkylation sites (N-methyl/N-ethyl adjacent to an activating group) is 1. The predicted octanol–water partition coefficient (Wildman–Crippen LogP) is 1.92. The molecule has 2 N–H and O–H groups in total. The average molecular weight is 253 g/mol. The van der Waals surface area contributed by atoms with Crippen molar-refractivity contribution in [3.05, 3.63) is 0 Å². The van der Waals surface area contributed by atoms with E-state index < -0.39 is 0 Å². The quantitative estimate of drug-likeness (QED) is 0.834. The number of hydrogen-bond acceptors (Lipinski definition) is 3. The first-order chi connectivity index (χ1) is 8.47. The van der Waals surface area contributed by atoms with E-state index in [1.807, 2.05) is 0 Å². The molecule has 1 aliphatic heterocycles. The standard InChI is InChI=1S/C15H31N3/c1-14(2)12-18(10-9-17(14)3)13-15(11-16)7-5-4-6-8-15/h4-13,16H2,1-3H3. The molecule has 1 saturated heterocycles. The van der Waals surface area contributed by atoms with Gasteiger partial charge in [-0.25, -0.2) is 0 Å². The van der Waals surface area contributed by atoms with Crippen molar-refractivity contribution in [3.63, 3.8) is 0 Å². The summed E-state index contributed by atoms with van der Waals surface area (Å²) in [6, 6.07) is 0. The fourth-order valence-electron chi connectivity index (χ4n) is 3.68. The first-order valence-electron chi connectivity index (χ1n) is 7.61. The largest absolute Gasteiger partial charge is 0.330 e. The molecular weight excluding hydrogens is 222 g/mol. The van der Waals surface area contributed by atoms with Gasteiger partial charge in [0.15, 0.2) is 0 Å². The Morgan fingerprint density at radius 2 is 1.72 bits per heavy atom. The smallest absolute Gasteiger partial charge is 0.0277 e. The molecule has 1 aliphatic carbocycles. The first kappa shape index (κ1) is 14.3. The molecule has 106 valence electrons. The molecule has 2 rings (SSSR count). The normalized spacial score (nSPS) is 29.3. The second-order valence-corrected chi connectivity index (χ2v) is 7.21. The second kappa shape index (κ2) is 5.48. The van der Waals surface area contributed by atoms with Crippen LogP contribution in [-0.4, -0.2) is 55.1 Å². The highest BCUT2D eigenvalue weighted by Crippen LogP contribution is 2.37. The third-order valence-corrected chi connectivity index (χ3v) is 5.30. The zero-order chi connectivity index (χ0) is 13.2. The van der Waals surface area contributed by atoms with Gasteiger partial charge in [-0.15, -0.1) is 0 Å². The van der Waals surface area contributed by atoms with Crippen molar-refractivity contribution in [2.75, 3.05) is 39.8 Å². The molecule has 0 aromatic carbocycles. The van der Waals surface area contributed by atoms with Gasteiger partial charge in [0.2, 0.25) is 0 Å². The Bertz CT molecular complexity index is 269. The van der Waals surface area contributed by atoms with E-state index in [1.54, 1.807) is 0 Å². The van der Waals surface area contributed by atoms with Crippen LogP contribution >= 0.6 is 0 Å². The lowest BCUT2D eigenvalue weighted by molar-refractivity contribution is 0.00876. The van der Waals surface area contributed by atoms with Crippen LogP contribution in [0.3, 0.4) is 0 Å². The summed E-state index contributed by atoms with van der Waals surface area (Å²) in [5.74, 6) is 0. The summed E-state index contributed by atoms with van der Waals surface area (Å²) in [6.07, 6.45) is 6.87. The van der Waals surface area contributed by atoms with Gasteiger partial charge in [0.1, 0.15) is 0 Å². The van der Waals surface area contributed by atoms with Crippen molar-refractivity contribution in [1.29, 1.82) is 0 Å². The molecule has 2 fully saturated rings. The molecule has 0 amide bonds. The minimum absolute atomic E-state index is 0.308. The molecule has 0 spiro atoms. The summed E-state index contributed by atoms with van der Waals surface area (Å²) in [5.41, 5.74) is 6.84. The van der Waals surface area contributed by atoms with E-state index in [-0.39, 0.29) is 0 Å². The molecule has 0 atom stereocenters. The lowest BCUT2D eigenvalue weighted by atomic mass is 9.73. The Balaban J connectivity index is 1.96. The molecule has 0 unspecified atom stereocenters. The van der Waals surface area contributed by atoms with E-state index in [4.69, 9.17) is 5.73 Å². The van der Waals surface area contributed by atoms with Crippen molar-refractivity contribution >= 4 is 0 Å². The zero-order valence-corrected chi connectivity index (χ0v) is 12.5. The summed E-state index contributed by atoms with van der Waals surface area (Å²) in [4.78, 5) is 5.15. The van der Waals surface area contributed by atoms with Crippen LogP contribution in [-0.2, 0) is 0 Å². The highest BCUT2D eigenvalue weighted by Gasteiger charge is 2.37. The molecule has 0 bridgehead atoms. The zero-order valence-electron chi connectivity index (χ0n) is 12.5. The predicted molar refractivity (Wildman–Crippen MR) is 77.7 cm³/mol. The Morgan fingerprint density at radius 3 is 2.28 bits per heavy atom. The monoisotopic (exact) mass is 253 g/mol. The maximum absolute atomic E-state index is 6.11. The van der Waals surface area contributed by atoms with Crippen LogP contribution in [0.25, 0.3) is 0 Å². The van der Waals surface area contributed by atoms with Gasteiger partial charge in [-0.2, -0.15) is 0 Å². The minimum Gasteiger partial charge on any atom is -0.330 e. The van der Waals surface area contributed by atoms with E-state index in [0.29, 0.717) is 11.0 Å². The van der Waals surface area contributed by atoms with Crippen molar-refractivity contribution in [2.45, 2.75) is 51.5 Å². The van der Waals surface area contributed by atoms with Gasteiger partial charge in [-0.1, -0.05) is 19.3 Å². The number of piperazine rings is 1. The highest BCUT2D eigenvalue weighted by atomic mass is 15.3. The Hall–Kier alpha value is -0.120. The van der Waals surface area contributed by atoms with Gasteiger partial charge in [0.25, 0.3) is 0 Å². The van der Waals surface area contributed by atoms with Gasteiger partial charge in [0, 0.05) is 31.7 Å². The van der Waals surface area contributed by atoms with Crippen LogP contribution in [0, 0.1) is 5.41 Å². The molecule has 1 heterocycles. The van der Waals surface area contributed by atoms with Crippen LogP contribution in [0.1, 0.15) is 46.0 Å². The van der Waals surface area contributed by atoms with Gasteiger partial charge < -0.3 is 5.73 Å². The van der Waals surface area contributed by atoms with E-state index >= 15 is 0 Å². The SMILES string of the molecule is CN1CCN(CC2(CN)CCCCC2)CC1(C)C. The maximum Gasteiger partial charge on any atom is 0.0277 e. The minimum atomic E-state index is 0.308. The molecule has 3 heteroatoms. The fraction of sp³-hybridized carbons (Fsp3) is 1.00. The molecule has 2 aliphatic rings. The van der Waals surface area contributed by atoms with Crippen LogP contribution in [0.2, 0.25) is 0 Å².